The number of amides is 1. The van der Waals surface area contributed by atoms with E-state index >= 15 is 0 Å². The zero-order chi connectivity index (χ0) is 28.5. The highest BCUT2D eigenvalue weighted by atomic mass is 35.5. The molecule has 3 aromatic rings. The third-order valence-electron chi connectivity index (χ3n) is 6.80. The van der Waals surface area contributed by atoms with Crippen LogP contribution in [0.3, 0.4) is 0 Å². The molecule has 4 rings (SSSR count). The highest BCUT2D eigenvalue weighted by molar-refractivity contribution is 6.30. The summed E-state index contributed by atoms with van der Waals surface area (Å²) in [4.78, 5) is 42.7. The standard InChI is InChI=1S/C28H32ClFN6O3/c1-6-7-21-25(33-18-8-9-19(29)20(30)13-18)31-14-22(34-21)26(37)36-11-10-35(15-28(36,4)5)23-12-16(2)24(27(38)39)17(3)32-23/h8-9,12-14H,6-7,10-11,15H2,1-5H3,(H,31,33)(H,38,39). The summed E-state index contributed by atoms with van der Waals surface area (Å²) in [7, 11) is 0. The number of piperazine rings is 1. The molecule has 1 aromatic carbocycles. The molecular formula is C28H32ClFN6O3. The summed E-state index contributed by atoms with van der Waals surface area (Å²) in [5, 5.41) is 12.6. The molecule has 0 atom stereocenters. The molecular weight excluding hydrogens is 523 g/mol. The van der Waals surface area contributed by atoms with Crippen LogP contribution in [0.15, 0.2) is 30.5 Å². The van der Waals surface area contributed by atoms with E-state index in [1.165, 1.54) is 18.3 Å². The minimum absolute atomic E-state index is 0.0300. The van der Waals surface area contributed by atoms with E-state index < -0.39 is 17.3 Å². The lowest BCUT2D eigenvalue weighted by Gasteiger charge is -2.47. The number of hydrogen-bond acceptors (Lipinski definition) is 7. The molecule has 2 aromatic heterocycles. The first-order chi connectivity index (χ1) is 18.4. The predicted octanol–water partition coefficient (Wildman–Crippen LogP) is 5.42. The number of benzene rings is 1. The van der Waals surface area contributed by atoms with Crippen molar-refractivity contribution in [1.82, 2.24) is 19.9 Å². The first-order valence-electron chi connectivity index (χ1n) is 12.8. The Balaban J connectivity index is 1.55. The number of anilines is 3. The minimum atomic E-state index is -0.995. The van der Waals surface area contributed by atoms with Crippen LogP contribution >= 0.6 is 11.6 Å². The van der Waals surface area contributed by atoms with E-state index in [1.54, 1.807) is 30.9 Å². The first-order valence-corrected chi connectivity index (χ1v) is 13.2. The molecule has 39 heavy (non-hydrogen) atoms. The Labute approximate surface area is 232 Å². The maximum Gasteiger partial charge on any atom is 0.337 e. The normalized spacial score (nSPS) is 14.8. The zero-order valence-electron chi connectivity index (χ0n) is 22.7. The minimum Gasteiger partial charge on any atom is -0.478 e. The molecule has 3 heterocycles. The largest absolute Gasteiger partial charge is 0.478 e. The molecule has 2 N–H and O–H groups in total. The van der Waals surface area contributed by atoms with E-state index in [2.05, 4.69) is 25.2 Å². The number of aryl methyl sites for hydroxylation is 3. The Bertz CT molecular complexity index is 1410. The van der Waals surface area contributed by atoms with Crippen molar-refractivity contribution in [1.29, 1.82) is 0 Å². The predicted molar refractivity (Wildman–Crippen MR) is 149 cm³/mol. The van der Waals surface area contributed by atoms with Gasteiger partial charge in [0.1, 0.15) is 17.3 Å². The van der Waals surface area contributed by atoms with Crippen LogP contribution in [0, 0.1) is 19.7 Å². The Morgan fingerprint density at radius 3 is 2.54 bits per heavy atom. The van der Waals surface area contributed by atoms with E-state index in [9.17, 15) is 19.1 Å². The third kappa shape index (κ3) is 5.95. The number of pyridine rings is 1. The lowest BCUT2D eigenvalue weighted by molar-refractivity contribution is 0.0506. The Hall–Kier alpha value is -3.79. The van der Waals surface area contributed by atoms with Crippen molar-refractivity contribution in [2.24, 2.45) is 0 Å². The highest BCUT2D eigenvalue weighted by Crippen LogP contribution is 2.29. The van der Waals surface area contributed by atoms with Crippen LogP contribution in [0.5, 0.6) is 0 Å². The molecule has 0 bridgehead atoms. The van der Waals surface area contributed by atoms with Gasteiger partial charge >= 0.3 is 5.97 Å². The van der Waals surface area contributed by atoms with Crippen molar-refractivity contribution >= 4 is 40.8 Å². The second-order valence-electron chi connectivity index (χ2n) is 10.3. The number of carbonyl (C=O) groups excluding carboxylic acids is 1. The van der Waals surface area contributed by atoms with Crippen molar-refractivity contribution in [3.05, 3.63) is 69.5 Å². The van der Waals surface area contributed by atoms with Gasteiger partial charge in [0.05, 0.1) is 33.7 Å². The lowest BCUT2D eigenvalue weighted by atomic mass is 9.97. The highest BCUT2D eigenvalue weighted by Gasteiger charge is 2.38. The van der Waals surface area contributed by atoms with Crippen LogP contribution in [0.25, 0.3) is 0 Å². The summed E-state index contributed by atoms with van der Waals surface area (Å²) >= 11 is 5.79. The van der Waals surface area contributed by atoms with Gasteiger partial charge in [-0.05, 0) is 63.9 Å². The number of halogens is 2. The van der Waals surface area contributed by atoms with E-state index in [4.69, 9.17) is 11.6 Å². The van der Waals surface area contributed by atoms with Crippen LogP contribution in [0.1, 0.15) is 65.0 Å². The van der Waals surface area contributed by atoms with Crippen molar-refractivity contribution in [3.8, 4) is 0 Å². The Morgan fingerprint density at radius 1 is 1.18 bits per heavy atom. The van der Waals surface area contributed by atoms with Crippen LogP contribution < -0.4 is 10.2 Å². The van der Waals surface area contributed by atoms with Gasteiger partial charge in [0.15, 0.2) is 5.82 Å². The Morgan fingerprint density at radius 2 is 1.92 bits per heavy atom. The molecule has 0 saturated carbocycles. The molecule has 206 valence electrons. The van der Waals surface area contributed by atoms with Gasteiger partial charge in [-0.1, -0.05) is 24.9 Å². The molecule has 9 nitrogen and oxygen atoms in total. The Kier molecular flexibility index (Phi) is 8.06. The van der Waals surface area contributed by atoms with Gasteiger partial charge in [0.25, 0.3) is 5.91 Å². The average Bonchev–Trinajstić information content (AvgIpc) is 2.85. The van der Waals surface area contributed by atoms with E-state index in [1.807, 2.05) is 20.8 Å². The van der Waals surface area contributed by atoms with Crippen molar-refractivity contribution in [3.63, 3.8) is 0 Å². The topological polar surface area (TPSA) is 112 Å². The van der Waals surface area contributed by atoms with E-state index in [-0.39, 0.29) is 22.2 Å². The second-order valence-corrected chi connectivity index (χ2v) is 10.7. The van der Waals surface area contributed by atoms with Crippen LogP contribution in [0.4, 0.5) is 21.7 Å². The summed E-state index contributed by atoms with van der Waals surface area (Å²) in [6.07, 6.45) is 2.81. The summed E-state index contributed by atoms with van der Waals surface area (Å²) in [6.45, 7) is 10.9. The van der Waals surface area contributed by atoms with Crippen LogP contribution in [-0.4, -0.2) is 62.0 Å². The average molecular weight is 555 g/mol. The molecule has 1 amide bonds. The van der Waals surface area contributed by atoms with Gasteiger partial charge in [-0.25, -0.2) is 24.1 Å². The molecule has 11 heteroatoms. The molecule has 0 spiro atoms. The number of aromatic nitrogens is 3. The number of nitrogens with one attached hydrogen (secondary N) is 1. The van der Waals surface area contributed by atoms with Crippen LogP contribution in [-0.2, 0) is 6.42 Å². The number of carboxylic acid groups (broad SMARTS) is 1. The number of hydrogen-bond donors (Lipinski definition) is 2. The number of carbonyl (C=O) groups is 2. The fourth-order valence-electron chi connectivity index (χ4n) is 4.92. The van der Waals surface area contributed by atoms with Gasteiger partial charge in [-0.3, -0.25) is 4.79 Å². The van der Waals surface area contributed by atoms with Gasteiger partial charge in [-0.15, -0.1) is 0 Å². The number of aromatic carboxylic acids is 1. The van der Waals surface area contributed by atoms with Crippen molar-refractivity contribution in [2.75, 3.05) is 29.9 Å². The zero-order valence-corrected chi connectivity index (χ0v) is 23.4. The van der Waals surface area contributed by atoms with Gasteiger partial charge in [0.2, 0.25) is 0 Å². The van der Waals surface area contributed by atoms with Crippen molar-refractivity contribution < 1.29 is 19.1 Å². The molecule has 1 fully saturated rings. The molecule has 1 aliphatic rings. The van der Waals surface area contributed by atoms with Gasteiger partial charge in [0, 0.05) is 25.3 Å². The second kappa shape index (κ2) is 11.1. The maximum absolute atomic E-state index is 13.9. The molecule has 1 aliphatic heterocycles. The fourth-order valence-corrected chi connectivity index (χ4v) is 5.04. The van der Waals surface area contributed by atoms with Gasteiger partial charge in [-0.2, -0.15) is 0 Å². The molecule has 0 radical (unpaired) electrons. The number of nitrogens with zero attached hydrogens (tertiary/aromatic N) is 5. The van der Waals surface area contributed by atoms with Crippen LogP contribution in [0.2, 0.25) is 5.02 Å². The van der Waals surface area contributed by atoms with Gasteiger partial charge < -0.3 is 20.2 Å². The monoisotopic (exact) mass is 554 g/mol. The lowest BCUT2D eigenvalue weighted by Crippen LogP contribution is -2.61. The maximum atomic E-state index is 13.9. The van der Waals surface area contributed by atoms with Crippen molar-refractivity contribution in [2.45, 2.75) is 53.0 Å². The first kappa shape index (κ1) is 28.2. The summed E-state index contributed by atoms with van der Waals surface area (Å²) < 4.78 is 13.9. The number of carboxylic acids is 1. The summed E-state index contributed by atoms with van der Waals surface area (Å²) in [5.74, 6) is -0.617. The van der Waals surface area contributed by atoms with E-state index in [0.29, 0.717) is 60.3 Å². The smallest absolute Gasteiger partial charge is 0.337 e. The number of rotatable bonds is 7. The summed E-state index contributed by atoms with van der Waals surface area (Å²) in [5.41, 5.74) is 2.10. The quantitative estimate of drug-likeness (QED) is 0.398. The molecule has 0 unspecified atom stereocenters. The van der Waals surface area contributed by atoms with E-state index in [0.717, 1.165) is 6.42 Å². The SMILES string of the molecule is CCCc1nc(C(=O)N2CCN(c3cc(C)c(C(=O)O)c(C)n3)CC2(C)C)cnc1Nc1ccc(Cl)c(F)c1. The molecule has 1 saturated heterocycles. The molecule has 0 aliphatic carbocycles. The summed E-state index contributed by atoms with van der Waals surface area (Å²) in [6, 6.07) is 6.18. The third-order valence-corrected chi connectivity index (χ3v) is 7.11. The fraction of sp³-hybridized carbons (Fsp3) is 0.393.